The minimum absolute atomic E-state index is 0.0195. The Morgan fingerprint density at radius 1 is 1.28 bits per heavy atom. The zero-order chi connectivity index (χ0) is 25.7. The number of aromatic amines is 1. The first-order valence-corrected chi connectivity index (χ1v) is 13.2. The highest BCUT2D eigenvalue weighted by Gasteiger charge is 2.23. The second kappa shape index (κ2) is 12.1. The Bertz CT molecular complexity index is 1270. The van der Waals surface area contributed by atoms with Crippen molar-refractivity contribution in [3.63, 3.8) is 0 Å². The zero-order valence-corrected chi connectivity index (χ0v) is 22.3. The number of phenolic OH excluding ortho intramolecular Hbond substituents is 2. The van der Waals surface area contributed by atoms with Crippen LogP contribution < -0.4 is 5.49 Å². The summed E-state index contributed by atoms with van der Waals surface area (Å²) in [6, 6.07) is 2.87. The number of aromatic nitrogens is 4. The lowest BCUT2D eigenvalue weighted by molar-refractivity contribution is -0.138. The van der Waals surface area contributed by atoms with E-state index in [2.05, 4.69) is 30.9 Å². The van der Waals surface area contributed by atoms with Crippen LogP contribution in [0.4, 0.5) is 0 Å². The Hall–Kier alpha value is -2.61. The smallest absolute Gasteiger partial charge is 0.248 e. The average molecular weight is 581 g/mol. The molecule has 11 nitrogen and oxygen atoms in total. The molecule has 0 spiro atoms. The lowest BCUT2D eigenvalue weighted by atomic mass is 9.93. The van der Waals surface area contributed by atoms with E-state index in [1.807, 2.05) is 9.47 Å². The number of phenols is 2. The lowest BCUT2D eigenvalue weighted by Crippen LogP contribution is -2.40. The van der Waals surface area contributed by atoms with Crippen LogP contribution in [0.15, 0.2) is 33.0 Å². The maximum absolute atomic E-state index is 12.3. The molecule has 0 aliphatic carbocycles. The zero-order valence-electron chi connectivity index (χ0n) is 19.9. The average Bonchev–Trinajstić information content (AvgIpc) is 3.30. The van der Waals surface area contributed by atoms with E-state index in [9.17, 15) is 15.0 Å². The monoisotopic (exact) mass is 580 g/mol. The second-order valence-corrected chi connectivity index (χ2v) is 10.4. The number of nitrogens with one attached hydrogen (secondary N) is 2. The summed E-state index contributed by atoms with van der Waals surface area (Å²) >= 11 is 4.66. The molecule has 1 amide bonds. The van der Waals surface area contributed by atoms with E-state index in [4.69, 9.17) is 14.9 Å². The Morgan fingerprint density at radius 2 is 2.03 bits per heavy atom. The summed E-state index contributed by atoms with van der Waals surface area (Å²) in [5.74, 6) is 0.0643. The summed E-state index contributed by atoms with van der Waals surface area (Å²) in [6.45, 7) is 3.12. The van der Waals surface area contributed by atoms with Gasteiger partial charge in [0.05, 0.1) is 19.5 Å². The third-order valence-electron chi connectivity index (χ3n) is 6.14. The Kier molecular flexibility index (Phi) is 8.88. The molecule has 1 aliphatic heterocycles. The van der Waals surface area contributed by atoms with E-state index < -0.39 is 0 Å². The van der Waals surface area contributed by atoms with Crippen molar-refractivity contribution < 1.29 is 24.5 Å². The number of carbonyl (C=O) groups is 1. The minimum atomic E-state index is -0.221. The van der Waals surface area contributed by atoms with Gasteiger partial charge in [-0.05, 0) is 53.2 Å². The van der Waals surface area contributed by atoms with E-state index in [1.165, 1.54) is 23.9 Å². The van der Waals surface area contributed by atoms with Gasteiger partial charge in [0.25, 0.3) is 0 Å². The van der Waals surface area contributed by atoms with Crippen LogP contribution in [0.1, 0.15) is 19.3 Å². The molecule has 1 fully saturated rings. The predicted molar refractivity (Wildman–Crippen MR) is 136 cm³/mol. The molecule has 4 rings (SSSR count). The number of aromatic hydroxyl groups is 2. The number of piperidine rings is 1. The van der Waals surface area contributed by atoms with Crippen LogP contribution in [0.25, 0.3) is 11.2 Å². The number of amides is 1. The van der Waals surface area contributed by atoms with Gasteiger partial charge in [-0.25, -0.2) is 9.97 Å². The number of imidazole rings is 1. The molecule has 1 aromatic carbocycles. The van der Waals surface area contributed by atoms with E-state index in [-0.39, 0.29) is 29.5 Å². The fraction of sp³-hybridized carbons (Fsp3) is 0.478. The Morgan fingerprint density at radius 3 is 2.78 bits per heavy atom. The molecular formula is C23H29BrN6O5S. The van der Waals surface area contributed by atoms with Crippen molar-refractivity contribution in [1.29, 1.82) is 5.41 Å². The fourth-order valence-electron chi connectivity index (χ4n) is 4.07. The molecule has 36 heavy (non-hydrogen) atoms. The third kappa shape index (κ3) is 6.38. The topological polar surface area (TPSA) is 150 Å². The van der Waals surface area contributed by atoms with Crippen molar-refractivity contribution in [2.45, 2.75) is 35.9 Å². The predicted octanol–water partition coefficient (Wildman–Crippen LogP) is 2.86. The van der Waals surface area contributed by atoms with Crippen molar-refractivity contribution in [3.8, 4) is 11.5 Å². The van der Waals surface area contributed by atoms with Crippen LogP contribution >= 0.6 is 27.7 Å². The first-order chi connectivity index (χ1) is 17.4. The molecule has 3 heterocycles. The molecule has 13 heteroatoms. The molecular weight excluding hydrogens is 552 g/mol. The van der Waals surface area contributed by atoms with Gasteiger partial charge in [0, 0.05) is 36.1 Å². The van der Waals surface area contributed by atoms with Gasteiger partial charge in [-0.15, -0.1) is 0 Å². The molecule has 0 bridgehead atoms. The van der Waals surface area contributed by atoms with Gasteiger partial charge >= 0.3 is 0 Å². The summed E-state index contributed by atoms with van der Waals surface area (Å²) < 4.78 is 12.8. The number of halogens is 1. The molecule has 194 valence electrons. The van der Waals surface area contributed by atoms with Gasteiger partial charge in [0.1, 0.15) is 12.1 Å². The summed E-state index contributed by atoms with van der Waals surface area (Å²) in [5.41, 5.74) is 1.28. The maximum atomic E-state index is 12.3. The van der Waals surface area contributed by atoms with Gasteiger partial charge in [0.15, 0.2) is 27.8 Å². The first-order valence-electron chi connectivity index (χ1n) is 11.6. The van der Waals surface area contributed by atoms with Crippen LogP contribution in [0.5, 0.6) is 11.5 Å². The van der Waals surface area contributed by atoms with E-state index in [0.29, 0.717) is 51.4 Å². The SMILES string of the molecule is COCCOCC(=O)N1CCC(CCn2cnc(=N)c3[nH]c(Sc4cc(O)c(O)cc4Br)nc32)CC1. The Balaban J connectivity index is 1.36. The Labute approximate surface area is 220 Å². The molecule has 0 saturated carbocycles. The number of aryl methyl sites for hydroxylation is 1. The highest BCUT2D eigenvalue weighted by atomic mass is 79.9. The number of carbonyl (C=O) groups excluding carboxylic acids is 1. The van der Waals surface area contributed by atoms with Crippen LogP contribution in [-0.4, -0.2) is 80.6 Å². The molecule has 0 atom stereocenters. The normalized spacial score (nSPS) is 14.6. The van der Waals surface area contributed by atoms with Gasteiger partial charge in [-0.2, -0.15) is 0 Å². The number of fused-ring (bicyclic) bond motifs is 1. The van der Waals surface area contributed by atoms with Crippen molar-refractivity contribution in [2.24, 2.45) is 5.92 Å². The number of methoxy groups -OCH3 is 1. The summed E-state index contributed by atoms with van der Waals surface area (Å²) in [6.07, 6.45) is 4.41. The number of likely N-dealkylation sites (tertiary alicyclic amines) is 1. The quantitative estimate of drug-likeness (QED) is 0.211. The van der Waals surface area contributed by atoms with Gasteiger partial charge in [-0.1, -0.05) is 11.8 Å². The largest absolute Gasteiger partial charge is 0.504 e. The van der Waals surface area contributed by atoms with Crippen molar-refractivity contribution in [2.75, 3.05) is 40.0 Å². The highest BCUT2D eigenvalue weighted by Crippen LogP contribution is 2.39. The first kappa shape index (κ1) is 26.5. The second-order valence-electron chi connectivity index (χ2n) is 8.56. The van der Waals surface area contributed by atoms with Crippen molar-refractivity contribution >= 4 is 44.8 Å². The summed E-state index contributed by atoms with van der Waals surface area (Å²) in [4.78, 5) is 26.9. The molecule has 2 aromatic heterocycles. The number of H-pyrrole nitrogens is 1. The van der Waals surface area contributed by atoms with E-state index in [1.54, 1.807) is 13.4 Å². The molecule has 3 aromatic rings. The number of hydrogen-bond acceptors (Lipinski definition) is 9. The lowest BCUT2D eigenvalue weighted by Gasteiger charge is -2.32. The van der Waals surface area contributed by atoms with Crippen molar-refractivity contribution in [3.05, 3.63) is 28.4 Å². The maximum Gasteiger partial charge on any atom is 0.248 e. The van der Waals surface area contributed by atoms with Crippen LogP contribution in [-0.2, 0) is 20.8 Å². The number of nitrogens with zero attached hydrogens (tertiary/aromatic N) is 4. The molecule has 1 saturated heterocycles. The van der Waals surface area contributed by atoms with Gasteiger partial charge < -0.3 is 34.1 Å². The van der Waals surface area contributed by atoms with E-state index in [0.717, 1.165) is 32.4 Å². The van der Waals surface area contributed by atoms with Gasteiger partial charge in [-0.3, -0.25) is 10.2 Å². The molecule has 4 N–H and O–H groups in total. The molecule has 1 aliphatic rings. The number of rotatable bonds is 10. The van der Waals surface area contributed by atoms with E-state index >= 15 is 0 Å². The van der Waals surface area contributed by atoms with Crippen LogP contribution in [0.2, 0.25) is 0 Å². The van der Waals surface area contributed by atoms with Crippen LogP contribution in [0.3, 0.4) is 0 Å². The third-order valence-corrected chi connectivity index (χ3v) is 8.00. The van der Waals surface area contributed by atoms with Crippen LogP contribution in [0, 0.1) is 11.3 Å². The summed E-state index contributed by atoms with van der Waals surface area (Å²) in [5, 5.41) is 28.2. The summed E-state index contributed by atoms with van der Waals surface area (Å²) in [7, 11) is 1.60. The highest BCUT2D eigenvalue weighted by molar-refractivity contribution is 9.10. The standard InChI is InChI=1S/C23H29BrN6O5S/c1-34-8-9-35-12-19(33)29-5-2-14(3-6-29)4-7-30-13-26-21(25)20-22(30)28-23(27-20)36-18-11-17(32)16(31)10-15(18)24/h10-11,13-14,25,31-32H,2-9,12H2,1H3,(H,27,28). The fourth-order valence-corrected chi connectivity index (χ4v) is 5.47. The van der Waals surface area contributed by atoms with Crippen molar-refractivity contribution in [1.82, 2.24) is 24.4 Å². The minimum Gasteiger partial charge on any atom is -0.504 e. The molecule has 0 radical (unpaired) electrons. The van der Waals surface area contributed by atoms with Gasteiger partial charge in [0.2, 0.25) is 5.91 Å². The number of benzene rings is 1. The number of ether oxygens (including phenoxy) is 2. The molecule has 0 unspecified atom stereocenters. The number of hydrogen-bond donors (Lipinski definition) is 4.